The van der Waals surface area contributed by atoms with Crippen molar-refractivity contribution in [2.24, 2.45) is 0 Å². The molecule has 0 unspecified atom stereocenters. The van der Waals surface area contributed by atoms with Crippen LogP contribution in [0, 0.1) is 5.82 Å². The number of ketones is 1. The van der Waals surface area contributed by atoms with Crippen LogP contribution >= 0.6 is 11.3 Å². The Balaban J connectivity index is 1.94. The van der Waals surface area contributed by atoms with E-state index in [2.05, 4.69) is 12.0 Å². The molecule has 0 atom stereocenters. The van der Waals surface area contributed by atoms with E-state index < -0.39 is 0 Å². The Labute approximate surface area is 119 Å². The number of nitrogens with zero attached hydrogens (tertiary/aromatic N) is 2. The number of rotatable bonds is 4. The molecule has 0 aliphatic heterocycles. The number of hydrogen-bond acceptors (Lipinski definition) is 3. The molecule has 1 aromatic carbocycles. The summed E-state index contributed by atoms with van der Waals surface area (Å²) in [4.78, 5) is 13.0. The summed E-state index contributed by atoms with van der Waals surface area (Å²) in [5.41, 5.74) is 0.575. The van der Waals surface area contributed by atoms with Gasteiger partial charge in [-0.1, -0.05) is 6.92 Å². The lowest BCUT2D eigenvalue weighted by Crippen LogP contribution is -1.98. The maximum Gasteiger partial charge on any atom is 0.206 e. The van der Waals surface area contributed by atoms with Gasteiger partial charge in [-0.05, 0) is 36.1 Å². The van der Waals surface area contributed by atoms with Gasteiger partial charge in [0.05, 0.1) is 16.6 Å². The van der Waals surface area contributed by atoms with Gasteiger partial charge in [-0.25, -0.2) is 4.39 Å². The summed E-state index contributed by atoms with van der Waals surface area (Å²) < 4.78 is 15.8. The molecule has 20 heavy (non-hydrogen) atoms. The van der Waals surface area contributed by atoms with Gasteiger partial charge in [0.2, 0.25) is 5.78 Å². The number of aromatic nitrogens is 2. The molecule has 0 saturated heterocycles. The zero-order valence-corrected chi connectivity index (χ0v) is 11.8. The summed E-state index contributed by atoms with van der Waals surface area (Å²) in [6.07, 6.45) is 4.32. The molecule has 3 rings (SSSR count). The van der Waals surface area contributed by atoms with E-state index in [0.717, 1.165) is 23.1 Å². The normalized spacial score (nSPS) is 11.1. The zero-order chi connectivity index (χ0) is 14.1. The van der Waals surface area contributed by atoms with Gasteiger partial charge in [0.25, 0.3) is 0 Å². The number of carbonyl (C=O) groups is 1. The zero-order valence-electron chi connectivity index (χ0n) is 11.0. The maximum atomic E-state index is 13.2. The second kappa shape index (κ2) is 5.17. The average Bonchev–Trinajstić information content (AvgIpc) is 3.04. The highest BCUT2D eigenvalue weighted by molar-refractivity contribution is 7.21. The Kier molecular flexibility index (Phi) is 3.36. The van der Waals surface area contributed by atoms with Crippen LogP contribution in [-0.4, -0.2) is 15.6 Å². The molecule has 102 valence electrons. The van der Waals surface area contributed by atoms with Crippen molar-refractivity contribution in [3.8, 4) is 0 Å². The van der Waals surface area contributed by atoms with Crippen molar-refractivity contribution in [1.29, 1.82) is 0 Å². The quantitative estimate of drug-likeness (QED) is 0.683. The first-order chi connectivity index (χ1) is 9.67. The van der Waals surface area contributed by atoms with Crippen LogP contribution in [0.3, 0.4) is 0 Å². The van der Waals surface area contributed by atoms with Crippen LogP contribution in [0.4, 0.5) is 4.39 Å². The smallest absolute Gasteiger partial charge is 0.206 e. The summed E-state index contributed by atoms with van der Waals surface area (Å²) in [7, 11) is 0. The van der Waals surface area contributed by atoms with E-state index in [9.17, 15) is 9.18 Å². The fourth-order valence-electron chi connectivity index (χ4n) is 2.10. The molecule has 0 spiro atoms. The molecule has 3 aromatic rings. The number of halogens is 1. The second-order valence-corrected chi connectivity index (χ2v) is 5.70. The molecule has 0 aliphatic carbocycles. The summed E-state index contributed by atoms with van der Waals surface area (Å²) in [5, 5.41) is 4.92. The Morgan fingerprint density at radius 2 is 2.25 bits per heavy atom. The van der Waals surface area contributed by atoms with E-state index in [1.54, 1.807) is 29.2 Å². The lowest BCUT2D eigenvalue weighted by molar-refractivity contribution is 0.104. The molecule has 0 amide bonds. The fourth-order valence-corrected chi connectivity index (χ4v) is 3.11. The highest BCUT2D eigenvalue weighted by Gasteiger charge is 2.14. The van der Waals surface area contributed by atoms with Gasteiger partial charge in [0.15, 0.2) is 0 Å². The van der Waals surface area contributed by atoms with Crippen molar-refractivity contribution >= 4 is 27.2 Å². The first kappa shape index (κ1) is 13.0. The third kappa shape index (κ3) is 2.36. The first-order valence-electron chi connectivity index (χ1n) is 6.43. The number of thiophene rings is 1. The summed E-state index contributed by atoms with van der Waals surface area (Å²) in [6, 6.07) is 6.30. The van der Waals surface area contributed by atoms with Crippen LogP contribution in [0.1, 0.15) is 28.6 Å². The highest BCUT2D eigenvalue weighted by atomic mass is 32.1. The summed E-state index contributed by atoms with van der Waals surface area (Å²) >= 11 is 1.38. The minimum atomic E-state index is -0.287. The molecule has 0 saturated carbocycles. The Morgan fingerprint density at radius 1 is 1.40 bits per heavy atom. The van der Waals surface area contributed by atoms with Crippen molar-refractivity contribution in [2.75, 3.05) is 0 Å². The van der Waals surface area contributed by atoms with E-state index in [1.165, 1.54) is 23.5 Å². The average molecular weight is 288 g/mol. The number of hydrogen-bond donors (Lipinski definition) is 0. The van der Waals surface area contributed by atoms with Crippen molar-refractivity contribution in [1.82, 2.24) is 9.78 Å². The second-order valence-electron chi connectivity index (χ2n) is 4.61. The van der Waals surface area contributed by atoms with Crippen molar-refractivity contribution in [3.63, 3.8) is 0 Å². The van der Waals surface area contributed by atoms with Crippen molar-refractivity contribution in [3.05, 3.63) is 52.9 Å². The van der Waals surface area contributed by atoms with Crippen LogP contribution < -0.4 is 0 Å². The van der Waals surface area contributed by atoms with Crippen molar-refractivity contribution in [2.45, 2.75) is 19.9 Å². The highest BCUT2D eigenvalue weighted by Crippen LogP contribution is 2.27. The molecule has 0 aliphatic rings. The van der Waals surface area contributed by atoms with E-state index >= 15 is 0 Å². The van der Waals surface area contributed by atoms with Gasteiger partial charge in [0.1, 0.15) is 5.82 Å². The molecule has 3 nitrogen and oxygen atoms in total. The van der Waals surface area contributed by atoms with Crippen molar-refractivity contribution < 1.29 is 9.18 Å². The van der Waals surface area contributed by atoms with Gasteiger partial charge in [-0.2, -0.15) is 5.10 Å². The molecule has 0 N–H and O–H groups in total. The minimum absolute atomic E-state index is 0.0611. The van der Waals surface area contributed by atoms with Crippen LogP contribution in [0.2, 0.25) is 0 Å². The molecule has 0 fully saturated rings. The first-order valence-corrected chi connectivity index (χ1v) is 7.25. The third-order valence-corrected chi connectivity index (χ3v) is 4.17. The number of fused-ring (bicyclic) bond motifs is 1. The number of carbonyl (C=O) groups excluding carboxylic acids is 1. The monoisotopic (exact) mass is 288 g/mol. The predicted molar refractivity (Wildman–Crippen MR) is 77.7 cm³/mol. The standard InChI is InChI=1S/C15H13FN2OS/c1-2-5-18-9-11(8-17-18)15(19)14-7-10-6-12(16)3-4-13(10)20-14/h3-4,6-9H,2,5H2,1H3. The van der Waals surface area contributed by atoms with E-state index in [0.29, 0.717) is 10.4 Å². The largest absolute Gasteiger partial charge is 0.288 e. The lowest BCUT2D eigenvalue weighted by Gasteiger charge is -1.95. The van der Waals surface area contributed by atoms with Crippen LogP contribution in [0.5, 0.6) is 0 Å². The van der Waals surface area contributed by atoms with E-state index in [-0.39, 0.29) is 11.6 Å². The molecular weight excluding hydrogens is 275 g/mol. The maximum absolute atomic E-state index is 13.2. The van der Waals surface area contributed by atoms with Crippen LogP contribution in [0.15, 0.2) is 36.7 Å². The van der Waals surface area contributed by atoms with E-state index in [4.69, 9.17) is 0 Å². The number of benzene rings is 1. The molecule has 2 aromatic heterocycles. The topological polar surface area (TPSA) is 34.9 Å². The van der Waals surface area contributed by atoms with Crippen LogP contribution in [0.25, 0.3) is 10.1 Å². The Bertz CT molecular complexity index is 775. The van der Waals surface area contributed by atoms with Gasteiger partial charge in [-0.15, -0.1) is 11.3 Å². The summed E-state index contributed by atoms with van der Waals surface area (Å²) in [5.74, 6) is -0.348. The Hall–Kier alpha value is -2.01. The third-order valence-electron chi connectivity index (χ3n) is 3.05. The van der Waals surface area contributed by atoms with E-state index in [1.807, 2.05) is 0 Å². The lowest BCUT2D eigenvalue weighted by atomic mass is 10.2. The van der Waals surface area contributed by atoms with Crippen LogP contribution in [-0.2, 0) is 6.54 Å². The van der Waals surface area contributed by atoms with Gasteiger partial charge < -0.3 is 0 Å². The SMILES string of the molecule is CCCn1cc(C(=O)c2cc3cc(F)ccc3s2)cn1. The molecule has 0 radical (unpaired) electrons. The molecule has 0 bridgehead atoms. The van der Waals surface area contributed by atoms with Gasteiger partial charge in [-0.3, -0.25) is 9.48 Å². The predicted octanol–water partition coefficient (Wildman–Crippen LogP) is 3.88. The van der Waals surface area contributed by atoms with Gasteiger partial charge >= 0.3 is 0 Å². The summed E-state index contributed by atoms with van der Waals surface area (Å²) in [6.45, 7) is 2.86. The molecule has 2 heterocycles. The fraction of sp³-hybridized carbons (Fsp3) is 0.200. The molecule has 5 heteroatoms. The van der Waals surface area contributed by atoms with Gasteiger partial charge in [0, 0.05) is 17.4 Å². The minimum Gasteiger partial charge on any atom is -0.288 e. The molecular formula is C15H13FN2OS. The number of aryl methyl sites for hydroxylation is 1. The Morgan fingerprint density at radius 3 is 3.05 bits per heavy atom.